The quantitative estimate of drug-likeness (QED) is 0.897. The van der Waals surface area contributed by atoms with Crippen molar-refractivity contribution < 1.29 is 4.74 Å². The lowest BCUT2D eigenvalue weighted by atomic mass is 10.1. The minimum Gasteiger partial charge on any atom is -0.455 e. The molecule has 2 aromatic rings. The lowest BCUT2D eigenvalue weighted by Crippen LogP contribution is -2.02. The highest BCUT2D eigenvalue weighted by atomic mass is 16.5. The van der Waals surface area contributed by atoms with Gasteiger partial charge in [0, 0.05) is 12.7 Å². The van der Waals surface area contributed by atoms with Gasteiger partial charge in [-0.25, -0.2) is 0 Å². The van der Waals surface area contributed by atoms with Gasteiger partial charge < -0.3 is 10.5 Å². The van der Waals surface area contributed by atoms with Crippen LogP contribution in [-0.4, -0.2) is 4.98 Å². The zero-order valence-electron chi connectivity index (χ0n) is 10.2. The van der Waals surface area contributed by atoms with E-state index in [0.717, 1.165) is 23.6 Å². The summed E-state index contributed by atoms with van der Waals surface area (Å²) in [4.78, 5) is 4.22. The molecule has 18 heavy (non-hydrogen) atoms. The summed E-state index contributed by atoms with van der Waals surface area (Å²) in [5, 5.41) is 0. The van der Waals surface area contributed by atoms with Gasteiger partial charge in [0.05, 0.1) is 5.69 Å². The summed E-state index contributed by atoms with van der Waals surface area (Å²) in [6.07, 6.45) is 5.33. The first-order valence-electron chi connectivity index (χ1n) is 6.30. The second-order valence-electron chi connectivity index (χ2n) is 4.54. The van der Waals surface area contributed by atoms with E-state index in [1.54, 1.807) is 6.20 Å². The topological polar surface area (TPSA) is 48.1 Å². The van der Waals surface area contributed by atoms with Crippen molar-refractivity contribution in [3.8, 4) is 11.5 Å². The van der Waals surface area contributed by atoms with Crippen molar-refractivity contribution in [2.75, 3.05) is 0 Å². The fraction of sp³-hybridized carbons (Fsp3) is 0.267. The van der Waals surface area contributed by atoms with E-state index < -0.39 is 0 Å². The number of pyridine rings is 1. The van der Waals surface area contributed by atoms with E-state index in [1.807, 2.05) is 18.2 Å². The molecule has 3 nitrogen and oxygen atoms in total. The Labute approximate surface area is 107 Å². The Morgan fingerprint density at radius 3 is 2.94 bits per heavy atom. The standard InChI is InChI=1S/C15H16N2O/c16-10-14-15(5-2-8-17-14)18-13-7-6-11-3-1-4-12(11)9-13/h2,5-9H,1,3-4,10,16H2. The second kappa shape index (κ2) is 4.78. The van der Waals surface area contributed by atoms with Crippen molar-refractivity contribution in [1.82, 2.24) is 4.98 Å². The molecule has 0 atom stereocenters. The molecule has 0 bridgehead atoms. The summed E-state index contributed by atoms with van der Waals surface area (Å²) in [5.41, 5.74) is 9.30. The van der Waals surface area contributed by atoms with Crippen molar-refractivity contribution >= 4 is 0 Å². The van der Waals surface area contributed by atoms with Crippen LogP contribution in [0.2, 0.25) is 0 Å². The SMILES string of the molecule is NCc1ncccc1Oc1ccc2c(c1)CCC2. The zero-order valence-corrected chi connectivity index (χ0v) is 10.2. The fourth-order valence-electron chi connectivity index (χ4n) is 2.41. The van der Waals surface area contributed by atoms with E-state index in [-0.39, 0.29) is 0 Å². The van der Waals surface area contributed by atoms with Gasteiger partial charge in [-0.2, -0.15) is 0 Å². The third-order valence-corrected chi connectivity index (χ3v) is 3.34. The summed E-state index contributed by atoms with van der Waals surface area (Å²) < 4.78 is 5.88. The van der Waals surface area contributed by atoms with Crippen LogP contribution in [0, 0.1) is 0 Å². The first-order valence-corrected chi connectivity index (χ1v) is 6.30. The van der Waals surface area contributed by atoms with Gasteiger partial charge in [-0.15, -0.1) is 0 Å². The number of nitrogens with two attached hydrogens (primary N) is 1. The second-order valence-corrected chi connectivity index (χ2v) is 4.54. The van der Waals surface area contributed by atoms with Crippen molar-refractivity contribution in [2.24, 2.45) is 5.73 Å². The summed E-state index contributed by atoms with van der Waals surface area (Å²) in [7, 11) is 0. The van der Waals surface area contributed by atoms with Gasteiger partial charge in [0.2, 0.25) is 0 Å². The van der Waals surface area contributed by atoms with Crippen molar-refractivity contribution in [2.45, 2.75) is 25.8 Å². The highest BCUT2D eigenvalue weighted by molar-refractivity contribution is 5.41. The van der Waals surface area contributed by atoms with Gasteiger partial charge in [0.25, 0.3) is 0 Å². The van der Waals surface area contributed by atoms with Crippen LogP contribution in [-0.2, 0) is 19.4 Å². The van der Waals surface area contributed by atoms with Gasteiger partial charge in [0.15, 0.2) is 0 Å². The van der Waals surface area contributed by atoms with Crippen LogP contribution in [0.5, 0.6) is 11.5 Å². The number of fused-ring (bicyclic) bond motifs is 1. The van der Waals surface area contributed by atoms with E-state index in [1.165, 1.54) is 24.0 Å². The zero-order chi connectivity index (χ0) is 12.4. The number of aryl methyl sites for hydroxylation is 2. The number of nitrogens with zero attached hydrogens (tertiary/aromatic N) is 1. The molecule has 3 rings (SSSR count). The maximum Gasteiger partial charge on any atom is 0.150 e. The van der Waals surface area contributed by atoms with Crippen LogP contribution in [0.4, 0.5) is 0 Å². The lowest BCUT2D eigenvalue weighted by molar-refractivity contribution is 0.472. The molecule has 1 heterocycles. The molecule has 0 unspecified atom stereocenters. The van der Waals surface area contributed by atoms with Crippen molar-refractivity contribution in [3.63, 3.8) is 0 Å². The van der Waals surface area contributed by atoms with E-state index in [2.05, 4.69) is 17.1 Å². The molecule has 92 valence electrons. The Morgan fingerprint density at radius 1 is 1.17 bits per heavy atom. The normalized spacial score (nSPS) is 13.4. The molecule has 0 amide bonds. The van der Waals surface area contributed by atoms with Gasteiger partial charge in [-0.3, -0.25) is 4.98 Å². The minimum absolute atomic E-state index is 0.390. The van der Waals surface area contributed by atoms with Crippen molar-refractivity contribution in [3.05, 3.63) is 53.3 Å². The average molecular weight is 240 g/mol. The third-order valence-electron chi connectivity index (χ3n) is 3.34. The number of hydrogen-bond donors (Lipinski definition) is 1. The number of ether oxygens (including phenoxy) is 1. The molecule has 0 saturated heterocycles. The molecule has 0 aliphatic heterocycles. The summed E-state index contributed by atoms with van der Waals surface area (Å²) in [6, 6.07) is 10.1. The smallest absolute Gasteiger partial charge is 0.150 e. The average Bonchev–Trinajstić information content (AvgIpc) is 2.87. The predicted molar refractivity (Wildman–Crippen MR) is 70.7 cm³/mol. The summed E-state index contributed by atoms with van der Waals surface area (Å²) in [6.45, 7) is 0.390. The molecule has 1 aliphatic carbocycles. The molecule has 0 fully saturated rings. The molecule has 1 aromatic carbocycles. The minimum atomic E-state index is 0.390. The Morgan fingerprint density at radius 2 is 2.06 bits per heavy atom. The van der Waals surface area contributed by atoms with Crippen LogP contribution in [0.1, 0.15) is 23.2 Å². The Bertz CT molecular complexity index is 566. The van der Waals surface area contributed by atoms with E-state index in [0.29, 0.717) is 6.54 Å². The molecule has 0 radical (unpaired) electrons. The summed E-state index contributed by atoms with van der Waals surface area (Å²) in [5.74, 6) is 1.62. The van der Waals surface area contributed by atoms with E-state index in [9.17, 15) is 0 Å². The van der Waals surface area contributed by atoms with Gasteiger partial charge in [0.1, 0.15) is 11.5 Å². The predicted octanol–water partition coefficient (Wildman–Crippen LogP) is 2.82. The lowest BCUT2D eigenvalue weighted by Gasteiger charge is -2.10. The van der Waals surface area contributed by atoms with Gasteiger partial charge in [-0.05, 0) is 54.7 Å². The molecule has 3 heteroatoms. The maximum atomic E-state index is 5.88. The van der Waals surface area contributed by atoms with Crippen LogP contribution in [0.25, 0.3) is 0 Å². The van der Waals surface area contributed by atoms with Crippen LogP contribution in [0.3, 0.4) is 0 Å². The van der Waals surface area contributed by atoms with Gasteiger partial charge in [-0.1, -0.05) is 6.07 Å². The highest BCUT2D eigenvalue weighted by Crippen LogP contribution is 2.29. The molecular formula is C15H16N2O. The molecule has 2 N–H and O–H groups in total. The molecule has 0 saturated carbocycles. The highest BCUT2D eigenvalue weighted by Gasteiger charge is 2.12. The Kier molecular flexibility index (Phi) is 2.99. The summed E-state index contributed by atoms with van der Waals surface area (Å²) >= 11 is 0. The largest absolute Gasteiger partial charge is 0.455 e. The number of hydrogen-bond acceptors (Lipinski definition) is 3. The maximum absolute atomic E-state index is 5.88. The number of aromatic nitrogens is 1. The number of benzene rings is 1. The van der Waals surface area contributed by atoms with Crippen LogP contribution < -0.4 is 10.5 Å². The first kappa shape index (κ1) is 11.2. The monoisotopic (exact) mass is 240 g/mol. The Hall–Kier alpha value is -1.87. The number of rotatable bonds is 3. The van der Waals surface area contributed by atoms with Crippen molar-refractivity contribution in [1.29, 1.82) is 0 Å². The fourth-order valence-corrected chi connectivity index (χ4v) is 2.41. The molecule has 0 spiro atoms. The Balaban J connectivity index is 1.88. The first-order chi connectivity index (χ1) is 8.86. The van der Waals surface area contributed by atoms with E-state index in [4.69, 9.17) is 10.5 Å². The van der Waals surface area contributed by atoms with Gasteiger partial charge >= 0.3 is 0 Å². The van der Waals surface area contributed by atoms with Crippen LogP contribution in [0.15, 0.2) is 36.5 Å². The third kappa shape index (κ3) is 2.09. The molecular weight excluding hydrogens is 224 g/mol. The van der Waals surface area contributed by atoms with E-state index >= 15 is 0 Å². The molecule has 1 aliphatic rings. The molecule has 1 aromatic heterocycles. The van der Waals surface area contributed by atoms with Crippen LogP contribution >= 0.6 is 0 Å².